The van der Waals surface area contributed by atoms with Gasteiger partial charge in [-0.25, -0.2) is 4.98 Å². The lowest BCUT2D eigenvalue weighted by Gasteiger charge is -2.14. The van der Waals surface area contributed by atoms with Crippen LogP contribution in [0.2, 0.25) is 5.02 Å². The van der Waals surface area contributed by atoms with Crippen LogP contribution in [0.15, 0.2) is 28.2 Å². The van der Waals surface area contributed by atoms with E-state index in [-0.39, 0.29) is 11.5 Å². The van der Waals surface area contributed by atoms with Crippen molar-refractivity contribution in [3.8, 4) is 0 Å². The SMILES string of the molecule is CCCn1c(S[C@@H](C)C(=O)OC)nc2cc(Cl)ccc2c1=O. The highest BCUT2D eigenvalue weighted by molar-refractivity contribution is 8.00. The van der Waals surface area contributed by atoms with Crippen LogP contribution in [0.25, 0.3) is 10.9 Å². The van der Waals surface area contributed by atoms with Gasteiger partial charge in [0.25, 0.3) is 5.56 Å². The summed E-state index contributed by atoms with van der Waals surface area (Å²) >= 11 is 7.19. The number of hydrogen-bond acceptors (Lipinski definition) is 5. The maximum atomic E-state index is 12.6. The molecule has 2 rings (SSSR count). The van der Waals surface area contributed by atoms with E-state index in [1.54, 1.807) is 29.7 Å². The van der Waals surface area contributed by atoms with E-state index in [1.165, 1.54) is 18.9 Å². The molecule has 0 radical (unpaired) electrons. The van der Waals surface area contributed by atoms with Gasteiger partial charge in [0.2, 0.25) is 0 Å². The summed E-state index contributed by atoms with van der Waals surface area (Å²) in [6, 6.07) is 5.01. The molecule has 22 heavy (non-hydrogen) atoms. The van der Waals surface area contributed by atoms with Crippen molar-refractivity contribution in [1.29, 1.82) is 0 Å². The van der Waals surface area contributed by atoms with Gasteiger partial charge in [-0.15, -0.1) is 0 Å². The summed E-state index contributed by atoms with van der Waals surface area (Å²) in [4.78, 5) is 28.7. The molecule has 0 aliphatic carbocycles. The first kappa shape index (κ1) is 16.8. The minimum atomic E-state index is -0.448. The highest BCUT2D eigenvalue weighted by atomic mass is 35.5. The number of nitrogens with zero attached hydrogens (tertiary/aromatic N) is 2. The predicted octanol–water partition coefficient (Wildman–Crippen LogP) is 3.11. The van der Waals surface area contributed by atoms with E-state index in [4.69, 9.17) is 16.3 Å². The topological polar surface area (TPSA) is 61.2 Å². The maximum absolute atomic E-state index is 12.6. The van der Waals surface area contributed by atoms with Gasteiger partial charge in [-0.3, -0.25) is 14.2 Å². The lowest BCUT2D eigenvalue weighted by atomic mass is 10.2. The van der Waals surface area contributed by atoms with Gasteiger partial charge in [0.05, 0.1) is 18.0 Å². The van der Waals surface area contributed by atoms with Crippen molar-refractivity contribution in [2.75, 3.05) is 7.11 Å². The molecular formula is C15H17ClN2O3S. The molecule has 0 saturated heterocycles. The molecule has 0 fully saturated rings. The third-order valence-electron chi connectivity index (χ3n) is 3.14. The number of methoxy groups -OCH3 is 1. The van der Waals surface area contributed by atoms with Gasteiger partial charge < -0.3 is 4.74 Å². The predicted molar refractivity (Wildman–Crippen MR) is 88.6 cm³/mol. The lowest BCUT2D eigenvalue weighted by Crippen LogP contribution is -2.25. The summed E-state index contributed by atoms with van der Waals surface area (Å²) in [6.07, 6.45) is 0.793. The fourth-order valence-corrected chi connectivity index (χ4v) is 3.18. The smallest absolute Gasteiger partial charge is 0.318 e. The van der Waals surface area contributed by atoms with Gasteiger partial charge in [-0.2, -0.15) is 0 Å². The standard InChI is InChI=1S/C15H17ClN2O3S/c1-4-7-18-13(19)11-6-5-10(16)8-12(11)17-15(18)22-9(2)14(20)21-3/h5-6,8-9H,4,7H2,1-3H3/t9-/m0/s1. The van der Waals surface area contributed by atoms with Gasteiger partial charge in [0.15, 0.2) is 5.16 Å². The van der Waals surface area contributed by atoms with E-state index >= 15 is 0 Å². The number of rotatable bonds is 5. The van der Waals surface area contributed by atoms with Crippen LogP contribution in [0.4, 0.5) is 0 Å². The molecule has 1 aromatic carbocycles. The van der Waals surface area contributed by atoms with Crippen LogP contribution in [-0.4, -0.2) is 27.9 Å². The van der Waals surface area contributed by atoms with E-state index in [2.05, 4.69) is 4.98 Å². The molecule has 0 spiro atoms. The highest BCUT2D eigenvalue weighted by Crippen LogP contribution is 2.24. The van der Waals surface area contributed by atoms with Crippen LogP contribution in [0.3, 0.4) is 0 Å². The molecule has 118 valence electrons. The average Bonchev–Trinajstić information content (AvgIpc) is 2.49. The Bertz CT molecular complexity index is 760. The van der Waals surface area contributed by atoms with Gasteiger partial charge in [0, 0.05) is 11.6 Å². The van der Waals surface area contributed by atoms with Crippen LogP contribution in [0, 0.1) is 0 Å². The van der Waals surface area contributed by atoms with Crippen LogP contribution >= 0.6 is 23.4 Å². The molecule has 2 aromatic rings. The monoisotopic (exact) mass is 340 g/mol. The zero-order valence-electron chi connectivity index (χ0n) is 12.6. The summed E-state index contributed by atoms with van der Waals surface area (Å²) in [5.74, 6) is -0.353. The first-order valence-electron chi connectivity index (χ1n) is 6.92. The quantitative estimate of drug-likeness (QED) is 0.475. The highest BCUT2D eigenvalue weighted by Gasteiger charge is 2.19. The molecule has 0 aliphatic rings. The average molecular weight is 341 g/mol. The van der Waals surface area contributed by atoms with Gasteiger partial charge in [-0.1, -0.05) is 30.3 Å². The fraction of sp³-hybridized carbons (Fsp3) is 0.400. The Morgan fingerprint density at radius 3 is 2.86 bits per heavy atom. The largest absolute Gasteiger partial charge is 0.468 e. The number of aromatic nitrogens is 2. The van der Waals surface area contributed by atoms with Crippen LogP contribution < -0.4 is 5.56 Å². The summed E-state index contributed by atoms with van der Waals surface area (Å²) in [5.41, 5.74) is 0.410. The van der Waals surface area contributed by atoms with E-state index < -0.39 is 5.25 Å². The molecule has 0 bridgehead atoms. The molecule has 0 unspecified atom stereocenters. The van der Waals surface area contributed by atoms with Crippen LogP contribution in [0.5, 0.6) is 0 Å². The molecule has 5 nitrogen and oxygen atoms in total. The Labute approximate surface area is 137 Å². The summed E-state index contributed by atoms with van der Waals surface area (Å²) in [6.45, 7) is 4.25. The first-order chi connectivity index (χ1) is 10.5. The Morgan fingerprint density at radius 2 is 2.23 bits per heavy atom. The van der Waals surface area contributed by atoms with Gasteiger partial charge >= 0.3 is 5.97 Å². The molecule has 0 N–H and O–H groups in total. The Morgan fingerprint density at radius 1 is 1.50 bits per heavy atom. The molecule has 7 heteroatoms. The number of ether oxygens (including phenoxy) is 1. The van der Waals surface area contributed by atoms with Crippen molar-refractivity contribution in [3.05, 3.63) is 33.6 Å². The van der Waals surface area contributed by atoms with E-state index in [0.717, 1.165) is 6.42 Å². The lowest BCUT2D eigenvalue weighted by molar-refractivity contribution is -0.139. The van der Waals surface area contributed by atoms with E-state index in [9.17, 15) is 9.59 Å². The van der Waals surface area contributed by atoms with Crippen molar-refractivity contribution >= 4 is 40.2 Å². The summed E-state index contributed by atoms with van der Waals surface area (Å²) in [7, 11) is 1.34. The minimum Gasteiger partial charge on any atom is -0.468 e. The Kier molecular flexibility index (Phi) is 5.47. The second-order valence-electron chi connectivity index (χ2n) is 4.80. The zero-order valence-corrected chi connectivity index (χ0v) is 14.2. The number of carbonyl (C=O) groups excluding carboxylic acids is 1. The maximum Gasteiger partial charge on any atom is 0.318 e. The Balaban J connectivity index is 2.57. The molecular weight excluding hydrogens is 324 g/mol. The van der Waals surface area contributed by atoms with Crippen molar-refractivity contribution in [3.63, 3.8) is 0 Å². The van der Waals surface area contributed by atoms with E-state index in [0.29, 0.717) is 27.6 Å². The number of fused-ring (bicyclic) bond motifs is 1. The van der Waals surface area contributed by atoms with Crippen LogP contribution in [-0.2, 0) is 16.1 Å². The zero-order chi connectivity index (χ0) is 16.3. The third kappa shape index (κ3) is 3.44. The van der Waals surface area contributed by atoms with Crippen molar-refractivity contribution in [2.45, 2.75) is 37.2 Å². The second kappa shape index (κ2) is 7.15. The van der Waals surface area contributed by atoms with Crippen molar-refractivity contribution in [1.82, 2.24) is 9.55 Å². The number of halogens is 1. The molecule has 0 amide bonds. The summed E-state index contributed by atoms with van der Waals surface area (Å²) < 4.78 is 6.32. The van der Waals surface area contributed by atoms with E-state index in [1.807, 2.05) is 6.92 Å². The number of carbonyl (C=O) groups is 1. The number of thioether (sulfide) groups is 1. The molecule has 1 aromatic heterocycles. The number of esters is 1. The van der Waals surface area contributed by atoms with Crippen molar-refractivity contribution in [2.24, 2.45) is 0 Å². The van der Waals surface area contributed by atoms with Gasteiger partial charge in [-0.05, 0) is 31.5 Å². The number of hydrogen-bond donors (Lipinski definition) is 0. The van der Waals surface area contributed by atoms with Crippen molar-refractivity contribution < 1.29 is 9.53 Å². The Hall–Kier alpha value is -1.53. The van der Waals surface area contributed by atoms with Crippen LogP contribution in [0.1, 0.15) is 20.3 Å². The third-order valence-corrected chi connectivity index (χ3v) is 4.45. The first-order valence-corrected chi connectivity index (χ1v) is 8.18. The molecule has 1 heterocycles. The normalized spacial score (nSPS) is 12.4. The van der Waals surface area contributed by atoms with Gasteiger partial charge in [0.1, 0.15) is 5.25 Å². The molecule has 1 atom stereocenters. The number of benzene rings is 1. The summed E-state index contributed by atoms with van der Waals surface area (Å²) in [5, 5.41) is 1.09. The molecule has 0 saturated carbocycles. The fourth-order valence-electron chi connectivity index (χ4n) is 2.06. The minimum absolute atomic E-state index is 0.122. The second-order valence-corrected chi connectivity index (χ2v) is 6.54. The molecule has 0 aliphatic heterocycles.